The molecule has 0 amide bonds. The van der Waals surface area contributed by atoms with Crippen molar-refractivity contribution in [3.8, 4) is 5.75 Å². The summed E-state index contributed by atoms with van der Waals surface area (Å²) in [5.74, 6) is 1.81. The van der Waals surface area contributed by atoms with Crippen LogP contribution in [0.5, 0.6) is 5.75 Å². The second-order valence-electron chi connectivity index (χ2n) is 12.8. The fraction of sp³-hybridized carbons (Fsp3) is 0.576. The largest absolute Gasteiger partial charge is 0.490 e. The number of ether oxygens (including phenoxy) is 2. The van der Waals surface area contributed by atoms with Gasteiger partial charge in [-0.05, 0) is 104 Å². The predicted molar refractivity (Wildman–Crippen MR) is 165 cm³/mol. The molecule has 6 rings (SSSR count). The van der Waals surface area contributed by atoms with Crippen molar-refractivity contribution in [3.63, 3.8) is 0 Å². The van der Waals surface area contributed by atoms with E-state index in [0.717, 1.165) is 60.8 Å². The Morgan fingerprint density at radius 2 is 2.00 bits per heavy atom. The first-order valence-electron chi connectivity index (χ1n) is 15.2. The number of benzene rings is 2. The van der Waals surface area contributed by atoms with Crippen LogP contribution in [0.25, 0.3) is 0 Å². The normalized spacial score (nSPS) is 34.0. The van der Waals surface area contributed by atoms with Gasteiger partial charge in [0.2, 0.25) is 10.0 Å². The highest BCUT2D eigenvalue weighted by atomic mass is 35.5. The van der Waals surface area contributed by atoms with Crippen LogP contribution < -0.4 is 14.4 Å². The van der Waals surface area contributed by atoms with E-state index in [1.807, 2.05) is 25.1 Å². The Morgan fingerprint density at radius 1 is 1.15 bits per heavy atom. The average Bonchev–Trinajstić information content (AvgIpc) is 3.09. The summed E-state index contributed by atoms with van der Waals surface area (Å²) >= 11 is 6.42. The molecular weight excluding hydrogens is 556 g/mol. The third-order valence-electron chi connectivity index (χ3n) is 10.3. The highest BCUT2D eigenvalue weighted by molar-refractivity contribution is 7.90. The number of anilines is 1. The number of halogens is 1. The Morgan fingerprint density at radius 3 is 2.78 bits per heavy atom. The lowest BCUT2D eigenvalue weighted by Crippen LogP contribution is -2.49. The summed E-state index contributed by atoms with van der Waals surface area (Å²) in [6.07, 6.45) is 10.6. The van der Waals surface area contributed by atoms with Crippen molar-refractivity contribution >= 4 is 27.3 Å². The van der Waals surface area contributed by atoms with Gasteiger partial charge in [0.15, 0.2) is 0 Å². The number of methoxy groups -OCH3 is 1. The summed E-state index contributed by atoms with van der Waals surface area (Å²) < 4.78 is 42.0. The molecule has 8 heteroatoms. The van der Waals surface area contributed by atoms with E-state index >= 15 is 0 Å². The highest BCUT2D eigenvalue weighted by Gasteiger charge is 2.44. The van der Waals surface area contributed by atoms with Crippen LogP contribution in [-0.2, 0) is 33.1 Å². The second-order valence-corrected chi connectivity index (χ2v) is 15.4. The molecule has 0 unspecified atom stereocenters. The van der Waals surface area contributed by atoms with Crippen LogP contribution in [-0.4, -0.2) is 46.6 Å². The maximum Gasteiger partial charge on any atom is 0.214 e. The molecule has 222 valence electrons. The number of sulfonamides is 1. The lowest BCUT2D eigenvalue weighted by molar-refractivity contribution is 0.0131. The summed E-state index contributed by atoms with van der Waals surface area (Å²) in [6, 6.07) is 12.5. The van der Waals surface area contributed by atoms with Gasteiger partial charge in [-0.3, -0.25) is 0 Å². The minimum atomic E-state index is -3.49. The van der Waals surface area contributed by atoms with Gasteiger partial charge in [-0.25, -0.2) is 13.1 Å². The smallest absolute Gasteiger partial charge is 0.214 e. The summed E-state index contributed by atoms with van der Waals surface area (Å²) in [5.41, 5.74) is 4.55. The van der Waals surface area contributed by atoms with Crippen LogP contribution in [0.15, 0.2) is 48.6 Å². The molecule has 1 fully saturated rings. The van der Waals surface area contributed by atoms with Gasteiger partial charge in [-0.2, -0.15) is 0 Å². The maximum atomic E-state index is 13.2. The fourth-order valence-electron chi connectivity index (χ4n) is 7.44. The quantitative estimate of drug-likeness (QED) is 0.393. The SMILES string of the molecule is CO[C@H]1/C=C/C[C@H](C)[C@@H](C)S(=O)(=O)NCc2ccc3c(c2)N(C[C@@H]2CC[C@H]21)C[C@@]1(CCCc2cc(Cl)ccc21)CO3. The number of nitrogens with one attached hydrogen (secondary N) is 1. The second kappa shape index (κ2) is 11.6. The first kappa shape index (κ1) is 29.0. The van der Waals surface area contributed by atoms with Crippen LogP contribution in [0.4, 0.5) is 5.69 Å². The first-order chi connectivity index (χ1) is 19.7. The third kappa shape index (κ3) is 5.67. The minimum Gasteiger partial charge on any atom is -0.490 e. The minimum absolute atomic E-state index is 0.00766. The summed E-state index contributed by atoms with van der Waals surface area (Å²) in [7, 11) is -1.69. The number of rotatable bonds is 1. The molecule has 2 aliphatic heterocycles. The first-order valence-corrected chi connectivity index (χ1v) is 17.1. The van der Waals surface area contributed by atoms with Gasteiger partial charge in [0.05, 0.1) is 23.6 Å². The number of hydrogen-bond acceptors (Lipinski definition) is 5. The van der Waals surface area contributed by atoms with Gasteiger partial charge in [0.25, 0.3) is 0 Å². The van der Waals surface area contributed by atoms with Crippen molar-refractivity contribution in [2.24, 2.45) is 17.8 Å². The number of fused-ring (bicyclic) bond motifs is 4. The van der Waals surface area contributed by atoms with E-state index in [-0.39, 0.29) is 24.0 Å². The van der Waals surface area contributed by atoms with E-state index in [1.54, 1.807) is 14.0 Å². The molecule has 1 saturated carbocycles. The average molecular weight is 599 g/mol. The van der Waals surface area contributed by atoms with Crippen LogP contribution in [0.3, 0.4) is 0 Å². The summed E-state index contributed by atoms with van der Waals surface area (Å²) in [6.45, 7) is 6.47. The van der Waals surface area contributed by atoms with Gasteiger partial charge in [-0.1, -0.05) is 42.8 Å². The van der Waals surface area contributed by atoms with Gasteiger partial charge in [0.1, 0.15) is 5.75 Å². The van der Waals surface area contributed by atoms with Crippen molar-refractivity contribution in [1.82, 2.24) is 4.72 Å². The Bertz CT molecular complexity index is 1410. The third-order valence-corrected chi connectivity index (χ3v) is 12.6. The van der Waals surface area contributed by atoms with Gasteiger partial charge in [-0.15, -0.1) is 0 Å². The van der Waals surface area contributed by atoms with Crippen molar-refractivity contribution < 1.29 is 17.9 Å². The van der Waals surface area contributed by atoms with Gasteiger partial charge >= 0.3 is 0 Å². The molecule has 6 atom stereocenters. The standard InChI is InChI=1S/C33H43ClN2O4S/c1-22-6-4-8-31(39-3)28-12-10-26(28)19-36-20-33(15-5-7-25-17-27(34)11-13-29(25)33)21-40-32-14-9-24(16-30(32)36)18-35-41(37,38)23(22)2/h4,8-9,11,13-14,16-17,22-23,26,28,31,35H,5-7,10,12,15,18-21H2,1-3H3/b8-4+/t22-,23+,26-,28+,31-,33-/m0/s1. The molecule has 0 aromatic heterocycles. The lowest BCUT2D eigenvalue weighted by Gasteiger charge is -2.46. The summed E-state index contributed by atoms with van der Waals surface area (Å²) in [5, 5.41) is 0.285. The predicted octanol–water partition coefficient (Wildman–Crippen LogP) is 6.26. The topological polar surface area (TPSA) is 67.9 Å². The highest BCUT2D eigenvalue weighted by Crippen LogP contribution is 2.47. The van der Waals surface area contributed by atoms with Crippen LogP contribution in [0.1, 0.15) is 62.6 Å². The van der Waals surface area contributed by atoms with Crippen LogP contribution in [0, 0.1) is 17.8 Å². The molecule has 6 nitrogen and oxygen atoms in total. The fourth-order valence-corrected chi connectivity index (χ4v) is 8.99. The Hall–Kier alpha value is -2.06. The lowest BCUT2D eigenvalue weighted by atomic mass is 9.68. The van der Waals surface area contributed by atoms with E-state index in [9.17, 15) is 8.42 Å². The molecule has 2 aromatic carbocycles. The zero-order chi connectivity index (χ0) is 28.8. The number of hydrogen-bond donors (Lipinski definition) is 1. The van der Waals surface area contributed by atoms with Crippen LogP contribution in [0.2, 0.25) is 5.02 Å². The molecule has 4 aliphatic rings. The van der Waals surface area contributed by atoms with Gasteiger partial charge in [0, 0.05) is 37.2 Å². The van der Waals surface area contributed by atoms with Gasteiger partial charge < -0.3 is 14.4 Å². The molecule has 0 radical (unpaired) electrons. The monoisotopic (exact) mass is 598 g/mol. The summed E-state index contributed by atoms with van der Waals surface area (Å²) in [4.78, 5) is 2.54. The van der Waals surface area contributed by atoms with Crippen LogP contribution >= 0.6 is 11.6 Å². The molecule has 2 aliphatic carbocycles. The molecule has 41 heavy (non-hydrogen) atoms. The number of allylic oxidation sites excluding steroid dienone is 1. The van der Waals surface area contributed by atoms with Crippen molar-refractivity contribution in [3.05, 3.63) is 70.3 Å². The van der Waals surface area contributed by atoms with Crippen molar-refractivity contribution in [2.75, 3.05) is 31.7 Å². The van der Waals surface area contributed by atoms with E-state index in [1.165, 1.54) is 17.5 Å². The van der Waals surface area contributed by atoms with E-state index in [4.69, 9.17) is 21.1 Å². The molecule has 2 aromatic rings. The molecule has 1 N–H and O–H groups in total. The van der Waals surface area contributed by atoms with Crippen molar-refractivity contribution in [2.45, 2.75) is 75.7 Å². The molecule has 0 saturated heterocycles. The Kier molecular flexibility index (Phi) is 8.18. The maximum absolute atomic E-state index is 13.2. The van der Waals surface area contributed by atoms with E-state index in [0.29, 0.717) is 24.9 Å². The molecular formula is C33H43ClN2O4S. The van der Waals surface area contributed by atoms with Crippen molar-refractivity contribution in [1.29, 1.82) is 0 Å². The zero-order valence-corrected chi connectivity index (χ0v) is 26.0. The molecule has 1 spiro atoms. The Balaban J connectivity index is 1.40. The molecule has 2 bridgehead atoms. The molecule has 2 heterocycles. The van der Waals surface area contributed by atoms with E-state index < -0.39 is 15.3 Å². The number of aryl methyl sites for hydroxylation is 1. The zero-order valence-electron chi connectivity index (χ0n) is 24.4. The number of nitrogens with zero attached hydrogens (tertiary/aromatic N) is 1. The Labute approximate surface area is 250 Å². The van der Waals surface area contributed by atoms with E-state index in [2.05, 4.69) is 40.0 Å².